The van der Waals surface area contributed by atoms with Crippen molar-refractivity contribution in [2.45, 2.75) is 51.2 Å². The summed E-state index contributed by atoms with van der Waals surface area (Å²) < 4.78 is 0. The molecule has 3 unspecified atom stereocenters. The minimum Gasteiger partial charge on any atom is -0.308 e. The van der Waals surface area contributed by atoms with Crippen molar-refractivity contribution in [1.29, 1.82) is 0 Å². The van der Waals surface area contributed by atoms with Gasteiger partial charge >= 0.3 is 0 Å². The Labute approximate surface area is 87.0 Å². The van der Waals surface area contributed by atoms with Gasteiger partial charge in [0.2, 0.25) is 0 Å². The van der Waals surface area contributed by atoms with Crippen molar-refractivity contribution in [3.8, 4) is 0 Å². The van der Waals surface area contributed by atoms with Crippen molar-refractivity contribution < 1.29 is 0 Å². The van der Waals surface area contributed by atoms with Crippen LogP contribution in [0.2, 0.25) is 0 Å². The fourth-order valence-electron chi connectivity index (χ4n) is 3.25. The lowest BCUT2D eigenvalue weighted by atomic mass is 10.0. The van der Waals surface area contributed by atoms with E-state index in [1.165, 1.54) is 32.4 Å². The second-order valence-electron chi connectivity index (χ2n) is 5.75. The van der Waals surface area contributed by atoms with Gasteiger partial charge in [-0.1, -0.05) is 0 Å². The molecule has 0 aromatic heterocycles. The maximum absolute atomic E-state index is 3.85. The smallest absolute Gasteiger partial charge is 0.0325 e. The Morgan fingerprint density at radius 3 is 2.50 bits per heavy atom. The number of nitrogens with one attached hydrogen (secondary N) is 1. The minimum atomic E-state index is 0.741. The van der Waals surface area contributed by atoms with Crippen molar-refractivity contribution in [2.24, 2.45) is 11.8 Å². The average Bonchev–Trinajstić information content (AvgIpc) is 2.73. The van der Waals surface area contributed by atoms with Gasteiger partial charge in [-0.25, -0.2) is 0 Å². The second-order valence-corrected chi connectivity index (χ2v) is 5.75. The summed E-state index contributed by atoms with van der Waals surface area (Å²) in [5, 5.41) is 3.85. The van der Waals surface area contributed by atoms with Crippen LogP contribution < -0.4 is 5.32 Å². The number of likely N-dealkylation sites (tertiary alicyclic amines) is 1. The zero-order valence-electron chi connectivity index (χ0n) is 9.37. The molecular weight excluding hydrogens is 172 g/mol. The molecule has 2 nitrogen and oxygen atoms in total. The van der Waals surface area contributed by atoms with Gasteiger partial charge in [0, 0.05) is 31.2 Å². The van der Waals surface area contributed by atoms with Gasteiger partial charge in [0.15, 0.2) is 0 Å². The van der Waals surface area contributed by atoms with Crippen LogP contribution in [-0.4, -0.2) is 36.1 Å². The first kappa shape index (κ1) is 9.17. The highest BCUT2D eigenvalue weighted by molar-refractivity contribution is 5.03. The van der Waals surface area contributed by atoms with E-state index in [2.05, 4.69) is 24.1 Å². The molecule has 1 N–H and O–H groups in total. The third kappa shape index (κ3) is 1.49. The Kier molecular flexibility index (Phi) is 2.10. The van der Waals surface area contributed by atoms with Crippen LogP contribution in [0.25, 0.3) is 0 Å². The lowest BCUT2D eigenvalue weighted by Gasteiger charge is -2.43. The third-order valence-electron chi connectivity index (χ3n) is 4.43. The van der Waals surface area contributed by atoms with Gasteiger partial charge in [0.05, 0.1) is 0 Å². The molecular formula is C12H22N2. The molecule has 3 atom stereocenters. The summed E-state index contributed by atoms with van der Waals surface area (Å²) in [7, 11) is 0. The van der Waals surface area contributed by atoms with Crippen LogP contribution in [0.3, 0.4) is 0 Å². The molecule has 3 fully saturated rings. The Hall–Kier alpha value is -0.0800. The molecule has 1 heterocycles. The monoisotopic (exact) mass is 194 g/mol. The molecule has 0 aromatic rings. The van der Waals surface area contributed by atoms with E-state index in [0.29, 0.717) is 0 Å². The molecule has 3 rings (SSSR count). The summed E-state index contributed by atoms with van der Waals surface area (Å²) in [6.45, 7) is 7.16. The predicted octanol–water partition coefficient (Wildman–Crippen LogP) is 1.47. The Morgan fingerprint density at radius 2 is 2.00 bits per heavy atom. The fraction of sp³-hybridized carbons (Fsp3) is 1.00. The van der Waals surface area contributed by atoms with E-state index in [4.69, 9.17) is 0 Å². The van der Waals surface area contributed by atoms with E-state index < -0.39 is 0 Å². The van der Waals surface area contributed by atoms with Crippen LogP contribution in [0.1, 0.15) is 33.1 Å². The molecule has 2 heteroatoms. The van der Waals surface area contributed by atoms with Crippen LogP contribution in [0.5, 0.6) is 0 Å². The number of rotatable bonds is 3. The van der Waals surface area contributed by atoms with Gasteiger partial charge in [-0.05, 0) is 44.9 Å². The predicted molar refractivity (Wildman–Crippen MR) is 58.3 cm³/mol. The van der Waals surface area contributed by atoms with Gasteiger partial charge in [0.1, 0.15) is 0 Å². The molecule has 1 aliphatic heterocycles. The highest BCUT2D eigenvalue weighted by Gasteiger charge is 2.48. The second kappa shape index (κ2) is 3.21. The molecule has 3 aliphatic rings. The van der Waals surface area contributed by atoms with Crippen molar-refractivity contribution in [2.75, 3.05) is 13.1 Å². The molecule has 0 amide bonds. The zero-order valence-corrected chi connectivity index (χ0v) is 9.37. The first-order valence-corrected chi connectivity index (χ1v) is 6.24. The summed E-state index contributed by atoms with van der Waals surface area (Å²) in [5.74, 6) is 2.19. The fourth-order valence-corrected chi connectivity index (χ4v) is 3.25. The van der Waals surface area contributed by atoms with E-state index >= 15 is 0 Å². The normalized spacial score (nSPS) is 42.6. The molecule has 80 valence electrons. The molecule has 0 spiro atoms. The van der Waals surface area contributed by atoms with Gasteiger partial charge in [-0.3, -0.25) is 4.90 Å². The number of hydrogen-bond donors (Lipinski definition) is 1. The molecule has 14 heavy (non-hydrogen) atoms. The third-order valence-corrected chi connectivity index (χ3v) is 4.43. The average molecular weight is 194 g/mol. The van der Waals surface area contributed by atoms with Crippen molar-refractivity contribution in [1.82, 2.24) is 10.2 Å². The highest BCUT2D eigenvalue weighted by atomic mass is 15.3. The number of hydrogen-bond acceptors (Lipinski definition) is 2. The van der Waals surface area contributed by atoms with Crippen LogP contribution in [0, 0.1) is 11.8 Å². The van der Waals surface area contributed by atoms with E-state index in [9.17, 15) is 0 Å². The van der Waals surface area contributed by atoms with E-state index in [1.54, 1.807) is 0 Å². The van der Waals surface area contributed by atoms with Gasteiger partial charge in [-0.2, -0.15) is 0 Å². The summed E-state index contributed by atoms with van der Waals surface area (Å²) in [4.78, 5) is 2.55. The first-order valence-electron chi connectivity index (χ1n) is 6.24. The van der Waals surface area contributed by atoms with Gasteiger partial charge in [-0.15, -0.1) is 0 Å². The Bertz CT molecular complexity index is 220. The van der Waals surface area contributed by atoms with Crippen LogP contribution in [0.4, 0.5) is 0 Å². The largest absolute Gasteiger partial charge is 0.308 e. The lowest BCUT2D eigenvalue weighted by molar-refractivity contribution is 0.0837. The summed E-state index contributed by atoms with van der Waals surface area (Å²) in [5.41, 5.74) is 0. The maximum Gasteiger partial charge on any atom is 0.0325 e. The Balaban J connectivity index is 1.43. The molecule has 2 saturated carbocycles. The first-order chi connectivity index (χ1) is 6.74. The summed E-state index contributed by atoms with van der Waals surface area (Å²) in [6, 6.07) is 2.44. The zero-order chi connectivity index (χ0) is 9.71. The van der Waals surface area contributed by atoms with E-state index in [0.717, 1.165) is 30.0 Å². The quantitative estimate of drug-likeness (QED) is 0.732. The molecule has 0 aromatic carbocycles. The number of fused-ring (bicyclic) bond motifs is 1. The van der Waals surface area contributed by atoms with Crippen LogP contribution >= 0.6 is 0 Å². The van der Waals surface area contributed by atoms with E-state index in [-0.39, 0.29) is 0 Å². The molecule has 0 bridgehead atoms. The van der Waals surface area contributed by atoms with Crippen molar-refractivity contribution >= 4 is 0 Å². The van der Waals surface area contributed by atoms with Crippen molar-refractivity contribution in [3.63, 3.8) is 0 Å². The Morgan fingerprint density at radius 1 is 1.21 bits per heavy atom. The molecule has 2 aliphatic carbocycles. The molecule has 0 radical (unpaired) electrons. The number of nitrogens with zero attached hydrogens (tertiary/aromatic N) is 1. The lowest BCUT2D eigenvalue weighted by Crippen LogP contribution is -2.61. The summed E-state index contributed by atoms with van der Waals surface area (Å²) >= 11 is 0. The summed E-state index contributed by atoms with van der Waals surface area (Å²) in [6.07, 6.45) is 4.48. The SMILES string of the molecule is CC(C)N1CC(NC2CCC3CC32)C1. The van der Waals surface area contributed by atoms with E-state index in [1.807, 2.05) is 0 Å². The van der Waals surface area contributed by atoms with Crippen LogP contribution in [-0.2, 0) is 0 Å². The van der Waals surface area contributed by atoms with Gasteiger partial charge < -0.3 is 5.32 Å². The minimum absolute atomic E-state index is 0.741. The van der Waals surface area contributed by atoms with Crippen molar-refractivity contribution in [3.05, 3.63) is 0 Å². The van der Waals surface area contributed by atoms with Crippen LogP contribution in [0.15, 0.2) is 0 Å². The standard InChI is InChI=1S/C12H22N2/c1-8(2)14-6-10(7-14)13-12-4-3-9-5-11(9)12/h8-13H,3-7H2,1-2H3. The van der Waals surface area contributed by atoms with Gasteiger partial charge in [0.25, 0.3) is 0 Å². The highest BCUT2D eigenvalue weighted by Crippen LogP contribution is 2.51. The maximum atomic E-state index is 3.85. The molecule has 1 saturated heterocycles. The topological polar surface area (TPSA) is 15.3 Å².